The lowest BCUT2D eigenvalue weighted by molar-refractivity contribution is -0.137. The highest BCUT2D eigenvalue weighted by molar-refractivity contribution is 7.23. The SMILES string of the molecule is COc1nc(N(C)C(C)CC(CCO)OC(C)(C)C)c2cc(C(F)(F)F)c(-c3ccc(F)c4sc(NC(=O)OC(C)(C)C)c(C#N)c34)c(F)c2n1. The monoisotopic (exact) mass is 737 g/mol. The number of aliphatic hydroxyl groups excluding tert-OH is 1. The van der Waals surface area contributed by atoms with Gasteiger partial charge in [-0.25, -0.2) is 13.6 Å². The molecule has 4 rings (SSSR count). The van der Waals surface area contributed by atoms with Crippen LogP contribution in [0.1, 0.15) is 72.4 Å². The minimum Gasteiger partial charge on any atom is -0.467 e. The van der Waals surface area contributed by atoms with E-state index in [-0.39, 0.29) is 44.5 Å². The van der Waals surface area contributed by atoms with Gasteiger partial charge in [0.2, 0.25) is 0 Å². The van der Waals surface area contributed by atoms with E-state index in [1.54, 1.807) is 39.6 Å². The van der Waals surface area contributed by atoms with Crippen molar-refractivity contribution >= 4 is 49.2 Å². The summed E-state index contributed by atoms with van der Waals surface area (Å²) in [5, 5.41) is 21.3. The fourth-order valence-electron chi connectivity index (χ4n) is 5.63. The Kier molecular flexibility index (Phi) is 11.4. The van der Waals surface area contributed by atoms with Crippen LogP contribution in [0.15, 0.2) is 18.2 Å². The van der Waals surface area contributed by atoms with E-state index >= 15 is 8.78 Å². The molecule has 51 heavy (non-hydrogen) atoms. The number of rotatable bonds is 10. The highest BCUT2D eigenvalue weighted by Crippen LogP contribution is 2.48. The second-order valence-electron chi connectivity index (χ2n) is 13.9. The molecular formula is C35H40F5N5O5S. The number of ether oxygens (including phenoxy) is 3. The minimum absolute atomic E-state index is 0.0693. The van der Waals surface area contributed by atoms with Crippen molar-refractivity contribution < 1.29 is 46.1 Å². The van der Waals surface area contributed by atoms with Gasteiger partial charge < -0.3 is 24.2 Å². The van der Waals surface area contributed by atoms with Gasteiger partial charge in [0.15, 0.2) is 5.82 Å². The lowest BCUT2D eigenvalue weighted by atomic mass is 9.92. The molecule has 0 aliphatic carbocycles. The Bertz CT molecular complexity index is 1980. The predicted octanol–water partition coefficient (Wildman–Crippen LogP) is 8.82. The molecule has 0 spiro atoms. The Morgan fingerprint density at radius 1 is 1.12 bits per heavy atom. The van der Waals surface area contributed by atoms with E-state index < -0.39 is 69.5 Å². The lowest BCUT2D eigenvalue weighted by Gasteiger charge is -2.33. The zero-order valence-electron chi connectivity index (χ0n) is 29.7. The van der Waals surface area contributed by atoms with Crippen LogP contribution in [-0.2, 0) is 15.7 Å². The number of anilines is 2. The van der Waals surface area contributed by atoms with Crippen LogP contribution in [0.2, 0.25) is 0 Å². The average Bonchev–Trinajstić information content (AvgIpc) is 3.37. The van der Waals surface area contributed by atoms with Crippen LogP contribution in [0, 0.1) is 23.0 Å². The maximum Gasteiger partial charge on any atom is 0.417 e. The molecule has 0 saturated carbocycles. The first-order valence-corrected chi connectivity index (χ1v) is 16.7. The third-order valence-electron chi connectivity index (χ3n) is 7.74. The number of carbonyl (C=O) groups excluding carboxylic acids is 1. The number of nitriles is 1. The zero-order chi connectivity index (χ0) is 38.2. The predicted molar refractivity (Wildman–Crippen MR) is 185 cm³/mol. The summed E-state index contributed by atoms with van der Waals surface area (Å²) in [6.45, 7) is 12.0. The molecular weight excluding hydrogens is 697 g/mol. The summed E-state index contributed by atoms with van der Waals surface area (Å²) in [5.74, 6) is -2.39. The smallest absolute Gasteiger partial charge is 0.417 e. The van der Waals surface area contributed by atoms with Crippen LogP contribution in [0.5, 0.6) is 6.01 Å². The lowest BCUT2D eigenvalue weighted by Crippen LogP contribution is -2.37. The van der Waals surface area contributed by atoms with Crippen molar-refractivity contribution in [1.29, 1.82) is 5.26 Å². The molecule has 2 heterocycles. The van der Waals surface area contributed by atoms with E-state index in [1.807, 2.05) is 26.8 Å². The van der Waals surface area contributed by atoms with Gasteiger partial charge in [0.05, 0.1) is 34.6 Å². The number of halogens is 5. The van der Waals surface area contributed by atoms with Gasteiger partial charge in [0.1, 0.15) is 33.8 Å². The first kappa shape index (κ1) is 39.5. The number of aliphatic hydroxyl groups is 1. The summed E-state index contributed by atoms with van der Waals surface area (Å²) in [6.07, 6.45) is -5.93. The number of aromatic nitrogens is 2. The molecule has 2 atom stereocenters. The summed E-state index contributed by atoms with van der Waals surface area (Å²) in [4.78, 5) is 22.5. The van der Waals surface area contributed by atoms with Gasteiger partial charge in [-0.05, 0) is 79.0 Å². The number of nitrogens with one attached hydrogen (secondary N) is 1. The van der Waals surface area contributed by atoms with Crippen LogP contribution < -0.4 is 15.0 Å². The molecule has 0 fully saturated rings. The first-order valence-electron chi connectivity index (χ1n) is 15.9. The second kappa shape index (κ2) is 14.7. The third-order valence-corrected chi connectivity index (χ3v) is 8.85. The van der Waals surface area contributed by atoms with Crippen LogP contribution >= 0.6 is 11.3 Å². The summed E-state index contributed by atoms with van der Waals surface area (Å²) in [7, 11) is 2.80. The van der Waals surface area contributed by atoms with Crippen LogP contribution in [0.3, 0.4) is 0 Å². The minimum atomic E-state index is -5.15. The normalized spacial score (nSPS) is 13.6. The maximum atomic E-state index is 16.9. The Morgan fingerprint density at radius 2 is 1.78 bits per heavy atom. The molecule has 0 aliphatic heterocycles. The topological polar surface area (TPSA) is 130 Å². The standard InChI is InChI=1S/C35H40F5N5O5S/c1-17(14-18(12-13-46)49-33(2,3)4)45(8)29-20-15-22(35(38,39)40)25(26(37)27(20)42-31(43-29)48-9)19-10-11-23(36)28-24(19)21(16-41)30(51-28)44-32(47)50-34(5,6)7/h10-11,15,17-18,46H,12-14H2,1-9H3,(H,44,47). The molecule has 2 unspecified atom stereocenters. The zero-order valence-corrected chi connectivity index (χ0v) is 30.5. The number of amides is 1. The number of thiophene rings is 1. The van der Waals surface area contributed by atoms with Crippen molar-refractivity contribution in [3.8, 4) is 23.2 Å². The molecule has 16 heteroatoms. The first-order chi connectivity index (χ1) is 23.6. The molecule has 2 N–H and O–H groups in total. The van der Waals surface area contributed by atoms with Gasteiger partial charge in [-0.1, -0.05) is 6.07 Å². The number of carbonyl (C=O) groups is 1. The molecule has 0 aliphatic rings. The van der Waals surface area contributed by atoms with Gasteiger partial charge in [0.25, 0.3) is 0 Å². The summed E-state index contributed by atoms with van der Waals surface area (Å²) in [5.41, 5.74) is -5.24. The highest BCUT2D eigenvalue weighted by atomic mass is 32.1. The molecule has 0 bridgehead atoms. The number of hydrogen-bond donors (Lipinski definition) is 2. The third kappa shape index (κ3) is 8.77. The van der Waals surface area contributed by atoms with Crippen molar-refractivity contribution in [2.45, 2.75) is 90.8 Å². The van der Waals surface area contributed by atoms with E-state index in [0.29, 0.717) is 24.2 Å². The Hall–Kier alpha value is -4.33. The second-order valence-corrected chi connectivity index (χ2v) is 15.0. The Labute approximate surface area is 296 Å². The quantitative estimate of drug-likeness (QED) is 0.153. The van der Waals surface area contributed by atoms with Crippen molar-refractivity contribution in [3.05, 3.63) is 41.0 Å². The fourth-order valence-corrected chi connectivity index (χ4v) is 6.69. The van der Waals surface area contributed by atoms with Gasteiger partial charge in [-0.3, -0.25) is 5.32 Å². The van der Waals surface area contributed by atoms with E-state index in [1.165, 1.54) is 7.11 Å². The summed E-state index contributed by atoms with van der Waals surface area (Å²) in [6, 6.07) is 3.58. The average molecular weight is 738 g/mol. The number of methoxy groups -OCH3 is 1. The summed E-state index contributed by atoms with van der Waals surface area (Å²) >= 11 is 0.597. The van der Waals surface area contributed by atoms with E-state index in [2.05, 4.69) is 15.3 Å². The highest BCUT2D eigenvalue weighted by Gasteiger charge is 2.39. The number of benzene rings is 2. The van der Waals surface area contributed by atoms with E-state index in [9.17, 15) is 28.3 Å². The molecule has 10 nitrogen and oxygen atoms in total. The Morgan fingerprint density at radius 3 is 2.33 bits per heavy atom. The van der Waals surface area contributed by atoms with Crippen molar-refractivity contribution in [1.82, 2.24) is 9.97 Å². The van der Waals surface area contributed by atoms with E-state index in [4.69, 9.17) is 14.2 Å². The van der Waals surface area contributed by atoms with Gasteiger partial charge in [-0.15, -0.1) is 11.3 Å². The van der Waals surface area contributed by atoms with Crippen molar-refractivity contribution in [3.63, 3.8) is 0 Å². The number of hydrogen-bond acceptors (Lipinski definition) is 10. The van der Waals surface area contributed by atoms with Crippen LogP contribution in [-0.4, -0.2) is 65.3 Å². The molecule has 0 radical (unpaired) electrons. The van der Waals surface area contributed by atoms with Gasteiger partial charge in [0, 0.05) is 36.0 Å². The maximum absolute atomic E-state index is 16.9. The Balaban J connectivity index is 1.98. The molecule has 276 valence electrons. The number of alkyl halides is 3. The van der Waals surface area contributed by atoms with E-state index in [0.717, 1.165) is 18.2 Å². The fraction of sp³-hybridized carbons (Fsp3) is 0.486. The van der Waals surface area contributed by atoms with Crippen LogP contribution in [0.4, 0.5) is 37.6 Å². The van der Waals surface area contributed by atoms with Gasteiger partial charge >= 0.3 is 18.3 Å². The van der Waals surface area contributed by atoms with Gasteiger partial charge in [-0.2, -0.15) is 28.4 Å². The molecule has 0 saturated heterocycles. The number of nitrogens with zero attached hydrogens (tertiary/aromatic N) is 4. The largest absolute Gasteiger partial charge is 0.467 e. The molecule has 2 aromatic carbocycles. The molecule has 4 aromatic rings. The van der Waals surface area contributed by atoms with Crippen molar-refractivity contribution in [2.24, 2.45) is 0 Å². The summed E-state index contributed by atoms with van der Waals surface area (Å²) < 4.78 is 93.4. The van der Waals surface area contributed by atoms with Crippen molar-refractivity contribution in [2.75, 3.05) is 31.0 Å². The number of fused-ring (bicyclic) bond motifs is 2. The molecule has 2 aromatic heterocycles. The molecule has 1 amide bonds. The van der Waals surface area contributed by atoms with Crippen LogP contribution in [0.25, 0.3) is 32.1 Å².